The highest BCUT2D eigenvalue weighted by molar-refractivity contribution is 7.80. The van der Waals surface area contributed by atoms with Gasteiger partial charge in [-0.25, -0.2) is 0 Å². The lowest BCUT2D eigenvalue weighted by Gasteiger charge is -2.11. The molecule has 0 bridgehead atoms. The smallest absolute Gasteiger partial charge is 0.00579 e. The SMILES string of the molecule is C/C(=C/CCCS)N(C)C. The molecule has 0 aromatic rings. The van der Waals surface area contributed by atoms with Gasteiger partial charge in [0.05, 0.1) is 0 Å². The lowest BCUT2D eigenvalue weighted by Crippen LogP contribution is -2.07. The maximum absolute atomic E-state index is 4.13. The second kappa shape index (κ2) is 5.66. The molecule has 1 nitrogen and oxygen atoms in total. The van der Waals surface area contributed by atoms with Crippen molar-refractivity contribution in [2.75, 3.05) is 19.8 Å². The number of hydrogen-bond acceptors (Lipinski definition) is 2. The average molecular weight is 159 g/mol. The van der Waals surface area contributed by atoms with E-state index < -0.39 is 0 Å². The third kappa shape index (κ3) is 4.74. The first-order valence-electron chi connectivity index (χ1n) is 3.63. The first-order valence-corrected chi connectivity index (χ1v) is 4.26. The second-order valence-corrected chi connectivity index (χ2v) is 3.05. The summed E-state index contributed by atoms with van der Waals surface area (Å²) in [6.45, 7) is 2.12. The third-order valence-corrected chi connectivity index (χ3v) is 1.82. The fourth-order valence-corrected chi connectivity index (χ4v) is 0.767. The van der Waals surface area contributed by atoms with Crippen LogP contribution in [0.3, 0.4) is 0 Å². The topological polar surface area (TPSA) is 3.24 Å². The Labute approximate surface area is 69.5 Å². The van der Waals surface area contributed by atoms with Crippen molar-refractivity contribution in [2.24, 2.45) is 0 Å². The van der Waals surface area contributed by atoms with Gasteiger partial charge in [-0.3, -0.25) is 0 Å². The highest BCUT2D eigenvalue weighted by Crippen LogP contribution is 2.00. The van der Waals surface area contributed by atoms with Gasteiger partial charge < -0.3 is 4.90 Å². The number of rotatable bonds is 4. The molecule has 60 valence electrons. The molecule has 0 radical (unpaired) electrons. The van der Waals surface area contributed by atoms with Gasteiger partial charge in [-0.15, -0.1) is 0 Å². The molecule has 0 aromatic heterocycles. The quantitative estimate of drug-likeness (QED) is 0.486. The molecule has 0 rings (SSSR count). The molecular weight excluding hydrogens is 142 g/mol. The van der Waals surface area contributed by atoms with Crippen molar-refractivity contribution in [3.63, 3.8) is 0 Å². The molecule has 0 saturated heterocycles. The van der Waals surface area contributed by atoms with E-state index in [2.05, 4.69) is 44.6 Å². The highest BCUT2D eigenvalue weighted by Gasteiger charge is 1.88. The predicted octanol–water partition coefficient (Wildman–Crippen LogP) is 2.16. The van der Waals surface area contributed by atoms with Crippen molar-refractivity contribution in [1.29, 1.82) is 0 Å². The zero-order valence-corrected chi connectivity index (χ0v) is 7.99. The van der Waals surface area contributed by atoms with Crippen molar-refractivity contribution in [3.05, 3.63) is 11.8 Å². The van der Waals surface area contributed by atoms with E-state index in [0.29, 0.717) is 0 Å². The van der Waals surface area contributed by atoms with E-state index in [-0.39, 0.29) is 0 Å². The molecule has 0 N–H and O–H groups in total. The molecule has 0 aliphatic carbocycles. The first-order chi connectivity index (χ1) is 4.68. The minimum atomic E-state index is 0.983. The van der Waals surface area contributed by atoms with Crippen molar-refractivity contribution >= 4 is 12.6 Å². The summed E-state index contributed by atoms with van der Waals surface area (Å²) in [5, 5.41) is 0. The Morgan fingerprint density at radius 1 is 1.50 bits per heavy atom. The lowest BCUT2D eigenvalue weighted by molar-refractivity contribution is 0.510. The van der Waals surface area contributed by atoms with Crippen molar-refractivity contribution in [3.8, 4) is 0 Å². The molecule has 2 heteroatoms. The Balaban J connectivity index is 3.48. The van der Waals surface area contributed by atoms with Crippen LogP contribution in [0.15, 0.2) is 11.8 Å². The number of hydrogen-bond donors (Lipinski definition) is 1. The summed E-state index contributed by atoms with van der Waals surface area (Å²) < 4.78 is 0. The van der Waals surface area contributed by atoms with Crippen LogP contribution in [0.4, 0.5) is 0 Å². The molecule has 0 atom stereocenters. The zero-order valence-electron chi connectivity index (χ0n) is 7.09. The fraction of sp³-hybridized carbons (Fsp3) is 0.750. The average Bonchev–Trinajstić information content (AvgIpc) is 1.88. The predicted molar refractivity (Wildman–Crippen MR) is 50.5 cm³/mol. The minimum absolute atomic E-state index is 0.983. The van der Waals surface area contributed by atoms with Crippen molar-refractivity contribution in [1.82, 2.24) is 4.90 Å². The van der Waals surface area contributed by atoms with Gasteiger partial charge in [-0.05, 0) is 25.5 Å². The Hall–Kier alpha value is -0.110. The van der Waals surface area contributed by atoms with Gasteiger partial charge in [0.25, 0.3) is 0 Å². The molecule has 0 aliphatic rings. The standard InChI is InChI=1S/C8H17NS/c1-8(9(2)3)6-4-5-7-10/h6,10H,4-5,7H2,1-3H3/b8-6-. The summed E-state index contributed by atoms with van der Waals surface area (Å²) in [5.74, 6) is 0.983. The largest absolute Gasteiger partial charge is 0.381 e. The van der Waals surface area contributed by atoms with Gasteiger partial charge in [-0.1, -0.05) is 6.08 Å². The molecule has 0 aromatic carbocycles. The van der Waals surface area contributed by atoms with Crippen LogP contribution in [-0.2, 0) is 0 Å². The van der Waals surface area contributed by atoms with E-state index in [9.17, 15) is 0 Å². The summed E-state index contributed by atoms with van der Waals surface area (Å²) in [6.07, 6.45) is 4.57. The summed E-state index contributed by atoms with van der Waals surface area (Å²) in [7, 11) is 4.12. The monoisotopic (exact) mass is 159 g/mol. The van der Waals surface area contributed by atoms with Gasteiger partial charge in [0.1, 0.15) is 0 Å². The molecule has 0 aliphatic heterocycles. The van der Waals surface area contributed by atoms with Crippen LogP contribution in [-0.4, -0.2) is 24.7 Å². The second-order valence-electron chi connectivity index (χ2n) is 2.61. The fourth-order valence-electron chi connectivity index (χ4n) is 0.585. The van der Waals surface area contributed by atoms with Crippen LogP contribution in [0.25, 0.3) is 0 Å². The van der Waals surface area contributed by atoms with Crippen LogP contribution >= 0.6 is 12.6 Å². The van der Waals surface area contributed by atoms with Crippen LogP contribution in [0.1, 0.15) is 19.8 Å². The molecule has 0 amide bonds. The molecule has 0 spiro atoms. The van der Waals surface area contributed by atoms with Crippen LogP contribution in [0.2, 0.25) is 0 Å². The Kier molecular flexibility index (Phi) is 5.60. The van der Waals surface area contributed by atoms with Gasteiger partial charge in [0.2, 0.25) is 0 Å². The summed E-state index contributed by atoms with van der Waals surface area (Å²) in [6, 6.07) is 0. The molecule has 0 unspecified atom stereocenters. The number of unbranched alkanes of at least 4 members (excludes halogenated alkanes) is 1. The third-order valence-electron chi connectivity index (χ3n) is 1.51. The first kappa shape index (κ1) is 9.89. The van der Waals surface area contributed by atoms with E-state index >= 15 is 0 Å². The minimum Gasteiger partial charge on any atom is -0.381 e. The van der Waals surface area contributed by atoms with E-state index in [1.807, 2.05) is 0 Å². The van der Waals surface area contributed by atoms with Crippen molar-refractivity contribution in [2.45, 2.75) is 19.8 Å². The summed E-state index contributed by atoms with van der Waals surface area (Å²) in [4.78, 5) is 2.12. The molecule has 0 heterocycles. The zero-order chi connectivity index (χ0) is 7.98. The number of nitrogens with zero attached hydrogens (tertiary/aromatic N) is 1. The lowest BCUT2D eigenvalue weighted by atomic mass is 10.3. The molecule has 10 heavy (non-hydrogen) atoms. The Morgan fingerprint density at radius 3 is 2.50 bits per heavy atom. The summed E-state index contributed by atoms with van der Waals surface area (Å²) >= 11 is 4.13. The van der Waals surface area contributed by atoms with E-state index in [1.165, 1.54) is 12.1 Å². The van der Waals surface area contributed by atoms with Crippen LogP contribution < -0.4 is 0 Å². The van der Waals surface area contributed by atoms with Crippen molar-refractivity contribution < 1.29 is 0 Å². The highest BCUT2D eigenvalue weighted by atomic mass is 32.1. The molecule has 0 saturated carbocycles. The van der Waals surface area contributed by atoms with Crippen LogP contribution in [0, 0.1) is 0 Å². The van der Waals surface area contributed by atoms with E-state index in [0.717, 1.165) is 12.2 Å². The number of thiol groups is 1. The van der Waals surface area contributed by atoms with Gasteiger partial charge in [0, 0.05) is 19.8 Å². The Morgan fingerprint density at radius 2 is 2.10 bits per heavy atom. The maximum atomic E-state index is 4.13. The van der Waals surface area contributed by atoms with E-state index in [4.69, 9.17) is 0 Å². The summed E-state index contributed by atoms with van der Waals surface area (Å²) in [5.41, 5.74) is 1.33. The molecular formula is C8H17NS. The van der Waals surface area contributed by atoms with E-state index in [1.54, 1.807) is 0 Å². The van der Waals surface area contributed by atoms with Crippen LogP contribution in [0.5, 0.6) is 0 Å². The molecule has 0 fully saturated rings. The van der Waals surface area contributed by atoms with Gasteiger partial charge >= 0.3 is 0 Å². The Bertz CT molecular complexity index is 108. The van der Waals surface area contributed by atoms with Gasteiger partial charge in [-0.2, -0.15) is 12.6 Å². The normalized spacial score (nSPS) is 11.8. The maximum Gasteiger partial charge on any atom is 0.00579 e. The number of allylic oxidation sites excluding steroid dienone is 2. The van der Waals surface area contributed by atoms with Gasteiger partial charge in [0.15, 0.2) is 0 Å².